The van der Waals surface area contributed by atoms with Crippen LogP contribution in [0.4, 0.5) is 0 Å². The van der Waals surface area contributed by atoms with E-state index in [2.05, 4.69) is 28.7 Å². The first-order valence-corrected chi connectivity index (χ1v) is 9.20. The van der Waals surface area contributed by atoms with Gasteiger partial charge in [0.1, 0.15) is 5.82 Å². The van der Waals surface area contributed by atoms with E-state index in [0.717, 1.165) is 37.6 Å². The first-order valence-electron chi connectivity index (χ1n) is 7.35. The zero-order chi connectivity index (χ0) is 15.5. The van der Waals surface area contributed by atoms with Gasteiger partial charge in [0.05, 0.1) is 11.9 Å². The molecule has 0 bridgehead atoms. The standard InChI is InChI=1S/C14H24N4O2S/c1-12(2)14-15-6-5-13(16-14)11-17-7-4-8-18(10-9-17)21(3,19)20/h5-6,12H,4,7-11H2,1-3H3. The summed E-state index contributed by atoms with van der Waals surface area (Å²) in [6.45, 7) is 7.71. The van der Waals surface area contributed by atoms with Gasteiger partial charge in [0.2, 0.25) is 10.0 Å². The molecule has 0 unspecified atom stereocenters. The minimum absolute atomic E-state index is 0.315. The van der Waals surface area contributed by atoms with E-state index in [-0.39, 0.29) is 0 Å². The summed E-state index contributed by atoms with van der Waals surface area (Å²) in [6.07, 6.45) is 3.94. The molecule has 0 aliphatic carbocycles. The number of hydrogen-bond donors (Lipinski definition) is 0. The van der Waals surface area contributed by atoms with Crippen molar-refractivity contribution < 1.29 is 8.42 Å². The molecular weight excluding hydrogens is 288 g/mol. The van der Waals surface area contributed by atoms with Crippen LogP contribution in [0.3, 0.4) is 0 Å². The molecular formula is C14H24N4O2S. The Hall–Kier alpha value is -1.05. The maximum Gasteiger partial charge on any atom is 0.211 e. The van der Waals surface area contributed by atoms with Crippen LogP contribution < -0.4 is 0 Å². The number of hydrogen-bond acceptors (Lipinski definition) is 5. The van der Waals surface area contributed by atoms with Crippen molar-refractivity contribution >= 4 is 10.0 Å². The number of rotatable bonds is 4. The molecule has 0 spiro atoms. The molecule has 1 fully saturated rings. The summed E-state index contributed by atoms with van der Waals surface area (Å²) in [7, 11) is -3.08. The van der Waals surface area contributed by atoms with Crippen LogP contribution in [0, 0.1) is 0 Å². The third-order valence-electron chi connectivity index (χ3n) is 3.65. The Bertz CT molecular complexity index is 574. The molecule has 2 heterocycles. The maximum absolute atomic E-state index is 11.6. The summed E-state index contributed by atoms with van der Waals surface area (Å²) in [5.41, 5.74) is 1.00. The van der Waals surface area contributed by atoms with E-state index < -0.39 is 10.0 Å². The number of aromatic nitrogens is 2. The fourth-order valence-electron chi connectivity index (χ4n) is 2.45. The average Bonchev–Trinajstić information content (AvgIpc) is 2.64. The van der Waals surface area contributed by atoms with Crippen molar-refractivity contribution in [3.63, 3.8) is 0 Å². The Morgan fingerprint density at radius 1 is 1.24 bits per heavy atom. The van der Waals surface area contributed by atoms with Crippen molar-refractivity contribution in [3.05, 3.63) is 23.8 Å². The second-order valence-electron chi connectivity index (χ2n) is 5.85. The lowest BCUT2D eigenvalue weighted by Crippen LogP contribution is -2.34. The third kappa shape index (κ3) is 4.72. The quantitative estimate of drug-likeness (QED) is 0.832. The normalized spacial score (nSPS) is 18.9. The molecule has 0 N–H and O–H groups in total. The Kier molecular flexibility index (Phi) is 5.29. The lowest BCUT2D eigenvalue weighted by atomic mass is 10.2. The highest BCUT2D eigenvalue weighted by atomic mass is 32.2. The molecule has 7 heteroatoms. The van der Waals surface area contributed by atoms with Gasteiger partial charge in [-0.25, -0.2) is 22.7 Å². The molecule has 0 amide bonds. The van der Waals surface area contributed by atoms with Gasteiger partial charge in [-0.15, -0.1) is 0 Å². The molecule has 0 radical (unpaired) electrons. The minimum atomic E-state index is -3.08. The number of sulfonamides is 1. The first kappa shape index (κ1) is 16.3. The second-order valence-corrected chi connectivity index (χ2v) is 7.84. The van der Waals surface area contributed by atoms with Gasteiger partial charge < -0.3 is 0 Å². The highest BCUT2D eigenvalue weighted by molar-refractivity contribution is 7.88. The summed E-state index contributed by atoms with van der Waals surface area (Å²) >= 11 is 0. The Balaban J connectivity index is 1.99. The first-order chi connectivity index (χ1) is 9.86. The van der Waals surface area contributed by atoms with Crippen molar-refractivity contribution in [1.82, 2.24) is 19.2 Å². The monoisotopic (exact) mass is 312 g/mol. The van der Waals surface area contributed by atoms with Gasteiger partial charge in [-0.3, -0.25) is 4.90 Å². The number of nitrogens with zero attached hydrogens (tertiary/aromatic N) is 4. The Morgan fingerprint density at radius 2 is 2.00 bits per heavy atom. The van der Waals surface area contributed by atoms with Gasteiger partial charge in [-0.2, -0.15) is 0 Å². The van der Waals surface area contributed by atoms with Crippen molar-refractivity contribution in [3.8, 4) is 0 Å². The molecule has 21 heavy (non-hydrogen) atoms. The minimum Gasteiger partial charge on any atom is -0.296 e. The van der Waals surface area contributed by atoms with Crippen LogP contribution in [0.5, 0.6) is 0 Å². The van der Waals surface area contributed by atoms with E-state index in [4.69, 9.17) is 0 Å². The average molecular weight is 312 g/mol. The van der Waals surface area contributed by atoms with Gasteiger partial charge in [-0.05, 0) is 19.0 Å². The van der Waals surface area contributed by atoms with E-state index in [0.29, 0.717) is 19.0 Å². The van der Waals surface area contributed by atoms with E-state index >= 15 is 0 Å². The predicted molar refractivity (Wildman–Crippen MR) is 82.4 cm³/mol. The van der Waals surface area contributed by atoms with Crippen LogP contribution >= 0.6 is 0 Å². The van der Waals surface area contributed by atoms with Gasteiger partial charge >= 0.3 is 0 Å². The molecule has 0 saturated carbocycles. The molecule has 6 nitrogen and oxygen atoms in total. The molecule has 1 aliphatic heterocycles. The molecule has 1 aromatic rings. The molecule has 2 rings (SSSR count). The fraction of sp³-hybridized carbons (Fsp3) is 0.714. The van der Waals surface area contributed by atoms with Gasteiger partial charge in [-0.1, -0.05) is 13.8 Å². The van der Waals surface area contributed by atoms with Crippen molar-refractivity contribution in [2.24, 2.45) is 0 Å². The zero-order valence-corrected chi connectivity index (χ0v) is 13.8. The summed E-state index contributed by atoms with van der Waals surface area (Å²) < 4.78 is 24.8. The van der Waals surface area contributed by atoms with Crippen LogP contribution in [0.1, 0.15) is 37.7 Å². The molecule has 0 aromatic carbocycles. The molecule has 1 aromatic heterocycles. The van der Waals surface area contributed by atoms with E-state index in [9.17, 15) is 8.42 Å². The fourth-order valence-corrected chi connectivity index (χ4v) is 3.32. The lowest BCUT2D eigenvalue weighted by Gasteiger charge is -2.20. The lowest BCUT2D eigenvalue weighted by molar-refractivity contribution is 0.275. The summed E-state index contributed by atoms with van der Waals surface area (Å²) in [6, 6.07) is 1.94. The molecule has 1 aliphatic rings. The van der Waals surface area contributed by atoms with E-state index in [1.807, 2.05) is 6.07 Å². The highest BCUT2D eigenvalue weighted by Gasteiger charge is 2.21. The molecule has 0 atom stereocenters. The molecule has 118 valence electrons. The maximum atomic E-state index is 11.6. The van der Waals surface area contributed by atoms with E-state index in [1.165, 1.54) is 6.26 Å². The van der Waals surface area contributed by atoms with Crippen LogP contribution in [-0.2, 0) is 16.6 Å². The second kappa shape index (κ2) is 6.81. The van der Waals surface area contributed by atoms with Gasteiger partial charge in [0.25, 0.3) is 0 Å². The summed E-state index contributed by atoms with van der Waals surface area (Å²) in [5.74, 6) is 1.18. The van der Waals surface area contributed by atoms with Crippen LogP contribution in [0.2, 0.25) is 0 Å². The van der Waals surface area contributed by atoms with Crippen molar-refractivity contribution in [1.29, 1.82) is 0 Å². The largest absolute Gasteiger partial charge is 0.296 e. The van der Waals surface area contributed by atoms with Crippen molar-refractivity contribution in [2.75, 3.05) is 32.4 Å². The van der Waals surface area contributed by atoms with E-state index in [1.54, 1.807) is 10.5 Å². The summed E-state index contributed by atoms with van der Waals surface area (Å²) in [5, 5.41) is 0. The Morgan fingerprint density at radius 3 is 2.67 bits per heavy atom. The molecule has 1 saturated heterocycles. The predicted octanol–water partition coefficient (Wildman–Crippen LogP) is 1.07. The summed E-state index contributed by atoms with van der Waals surface area (Å²) in [4.78, 5) is 11.1. The Labute approximate surface area is 127 Å². The van der Waals surface area contributed by atoms with Crippen LogP contribution in [0.15, 0.2) is 12.3 Å². The third-order valence-corrected chi connectivity index (χ3v) is 4.95. The zero-order valence-electron chi connectivity index (χ0n) is 13.0. The topological polar surface area (TPSA) is 66.4 Å². The SMILES string of the molecule is CC(C)c1nccc(CN2CCCN(S(C)(=O)=O)CC2)n1. The van der Waals surface area contributed by atoms with Crippen molar-refractivity contribution in [2.45, 2.75) is 32.7 Å². The van der Waals surface area contributed by atoms with Gasteiger partial charge in [0, 0.05) is 38.3 Å². The highest BCUT2D eigenvalue weighted by Crippen LogP contribution is 2.12. The van der Waals surface area contributed by atoms with Gasteiger partial charge in [0.15, 0.2) is 0 Å². The van der Waals surface area contributed by atoms with Crippen LogP contribution in [-0.4, -0.2) is 60.0 Å². The smallest absolute Gasteiger partial charge is 0.211 e. The van der Waals surface area contributed by atoms with Crippen LogP contribution in [0.25, 0.3) is 0 Å².